The van der Waals surface area contributed by atoms with Crippen LogP contribution in [0, 0.1) is 0 Å². The molecule has 2 amide bonds. The van der Waals surface area contributed by atoms with Gasteiger partial charge >= 0.3 is 6.03 Å². The van der Waals surface area contributed by atoms with Crippen LogP contribution < -0.4 is 10.1 Å². The summed E-state index contributed by atoms with van der Waals surface area (Å²) in [7, 11) is 4.88. The quantitative estimate of drug-likeness (QED) is 0.845. The molecule has 0 saturated carbocycles. The second kappa shape index (κ2) is 4.89. The molecule has 0 aliphatic rings. The molecule has 0 heterocycles. The van der Waals surface area contributed by atoms with Crippen LogP contribution in [0.2, 0.25) is 5.02 Å². The Morgan fingerprint density at radius 3 is 2.60 bits per heavy atom. The highest BCUT2D eigenvalue weighted by Gasteiger charge is 2.06. The number of rotatable bonds is 2. The first kappa shape index (κ1) is 11.7. The number of carbonyl (C=O) groups excluding carboxylic acids is 1. The first-order chi connectivity index (χ1) is 7.04. The number of benzene rings is 1. The standard InChI is InChI=1S/C10H13ClN2O2/c1-13(2)10(14)12-7-4-5-9(15-3)8(11)6-7/h4-6H,1-3H3,(H,12,14). The summed E-state index contributed by atoms with van der Waals surface area (Å²) in [5.74, 6) is 0.583. The summed E-state index contributed by atoms with van der Waals surface area (Å²) in [6.45, 7) is 0. The van der Waals surface area contributed by atoms with E-state index in [0.717, 1.165) is 0 Å². The van der Waals surface area contributed by atoms with Gasteiger partial charge in [-0.3, -0.25) is 0 Å². The maximum Gasteiger partial charge on any atom is 0.321 e. The Balaban J connectivity index is 2.80. The molecule has 0 fully saturated rings. The highest BCUT2D eigenvalue weighted by molar-refractivity contribution is 6.32. The van der Waals surface area contributed by atoms with E-state index in [1.807, 2.05) is 0 Å². The van der Waals surface area contributed by atoms with E-state index < -0.39 is 0 Å². The molecule has 5 heteroatoms. The Kier molecular flexibility index (Phi) is 3.80. The number of urea groups is 1. The molecule has 0 aliphatic carbocycles. The number of nitrogens with zero attached hydrogens (tertiary/aromatic N) is 1. The fourth-order valence-corrected chi connectivity index (χ4v) is 1.24. The van der Waals surface area contributed by atoms with E-state index in [4.69, 9.17) is 16.3 Å². The normalized spacial score (nSPS) is 9.60. The van der Waals surface area contributed by atoms with Crippen LogP contribution in [0.5, 0.6) is 5.75 Å². The van der Waals surface area contributed by atoms with Gasteiger partial charge in [0.15, 0.2) is 0 Å². The molecule has 0 atom stereocenters. The fraction of sp³-hybridized carbons (Fsp3) is 0.300. The number of methoxy groups -OCH3 is 1. The molecule has 0 bridgehead atoms. The van der Waals surface area contributed by atoms with Crippen molar-refractivity contribution in [2.24, 2.45) is 0 Å². The minimum atomic E-state index is -0.198. The maximum absolute atomic E-state index is 11.3. The van der Waals surface area contributed by atoms with Crippen molar-refractivity contribution in [2.75, 3.05) is 26.5 Å². The van der Waals surface area contributed by atoms with Crippen molar-refractivity contribution in [1.82, 2.24) is 4.90 Å². The monoisotopic (exact) mass is 228 g/mol. The lowest BCUT2D eigenvalue weighted by molar-refractivity contribution is 0.230. The Morgan fingerprint density at radius 2 is 2.13 bits per heavy atom. The third-order valence-corrected chi connectivity index (χ3v) is 2.10. The first-order valence-corrected chi connectivity index (χ1v) is 4.74. The van der Waals surface area contributed by atoms with E-state index in [-0.39, 0.29) is 6.03 Å². The third-order valence-electron chi connectivity index (χ3n) is 1.81. The Labute approximate surface area is 93.8 Å². The average Bonchev–Trinajstić information content (AvgIpc) is 2.18. The minimum absolute atomic E-state index is 0.198. The molecule has 15 heavy (non-hydrogen) atoms. The van der Waals surface area contributed by atoms with Gasteiger partial charge in [0.1, 0.15) is 5.75 Å². The molecule has 0 unspecified atom stereocenters. The van der Waals surface area contributed by atoms with Crippen LogP contribution in [-0.2, 0) is 0 Å². The van der Waals surface area contributed by atoms with E-state index in [0.29, 0.717) is 16.5 Å². The van der Waals surface area contributed by atoms with E-state index in [1.54, 1.807) is 39.4 Å². The molecule has 0 aromatic heterocycles. The van der Waals surface area contributed by atoms with Gasteiger partial charge in [-0.05, 0) is 18.2 Å². The number of carbonyl (C=O) groups is 1. The maximum atomic E-state index is 11.3. The zero-order chi connectivity index (χ0) is 11.4. The van der Waals surface area contributed by atoms with Gasteiger partial charge in [-0.25, -0.2) is 4.79 Å². The molecule has 0 saturated heterocycles. The summed E-state index contributed by atoms with van der Waals surface area (Å²) in [4.78, 5) is 12.8. The van der Waals surface area contributed by atoms with Crippen molar-refractivity contribution in [3.05, 3.63) is 23.2 Å². The van der Waals surface area contributed by atoms with Crippen LogP contribution in [0.3, 0.4) is 0 Å². The lowest BCUT2D eigenvalue weighted by Gasteiger charge is -2.12. The van der Waals surface area contributed by atoms with Crippen molar-refractivity contribution in [2.45, 2.75) is 0 Å². The van der Waals surface area contributed by atoms with Crippen molar-refractivity contribution < 1.29 is 9.53 Å². The van der Waals surface area contributed by atoms with Crippen LogP contribution in [0.1, 0.15) is 0 Å². The van der Waals surface area contributed by atoms with Gasteiger partial charge in [0.2, 0.25) is 0 Å². The zero-order valence-electron chi connectivity index (χ0n) is 8.87. The van der Waals surface area contributed by atoms with Gasteiger partial charge < -0.3 is 15.0 Å². The summed E-state index contributed by atoms with van der Waals surface area (Å²) in [6.07, 6.45) is 0. The van der Waals surface area contributed by atoms with Crippen molar-refractivity contribution >= 4 is 23.3 Å². The molecule has 1 rings (SSSR count). The van der Waals surface area contributed by atoms with Crippen LogP contribution in [0.15, 0.2) is 18.2 Å². The van der Waals surface area contributed by atoms with Crippen LogP contribution in [0.4, 0.5) is 10.5 Å². The predicted octanol–water partition coefficient (Wildman–Crippen LogP) is 2.44. The molecule has 1 N–H and O–H groups in total. The Morgan fingerprint density at radius 1 is 1.47 bits per heavy atom. The molecule has 0 radical (unpaired) electrons. The molecular weight excluding hydrogens is 216 g/mol. The van der Waals surface area contributed by atoms with Gasteiger partial charge in [0.25, 0.3) is 0 Å². The zero-order valence-corrected chi connectivity index (χ0v) is 9.63. The highest BCUT2D eigenvalue weighted by Crippen LogP contribution is 2.27. The topological polar surface area (TPSA) is 41.6 Å². The van der Waals surface area contributed by atoms with Crippen LogP contribution >= 0.6 is 11.6 Å². The van der Waals surface area contributed by atoms with Crippen molar-refractivity contribution in [1.29, 1.82) is 0 Å². The molecule has 82 valence electrons. The number of anilines is 1. The Bertz CT molecular complexity index is 366. The predicted molar refractivity (Wildman–Crippen MR) is 60.7 cm³/mol. The van der Waals surface area contributed by atoms with E-state index >= 15 is 0 Å². The molecule has 1 aromatic carbocycles. The lowest BCUT2D eigenvalue weighted by Crippen LogP contribution is -2.27. The van der Waals surface area contributed by atoms with Gasteiger partial charge in [-0.15, -0.1) is 0 Å². The second-order valence-corrected chi connectivity index (χ2v) is 3.58. The lowest BCUT2D eigenvalue weighted by atomic mass is 10.3. The summed E-state index contributed by atoms with van der Waals surface area (Å²) in [6, 6.07) is 4.87. The van der Waals surface area contributed by atoms with Crippen LogP contribution in [0.25, 0.3) is 0 Å². The molecule has 1 aromatic rings. The highest BCUT2D eigenvalue weighted by atomic mass is 35.5. The van der Waals surface area contributed by atoms with E-state index in [2.05, 4.69) is 5.32 Å². The SMILES string of the molecule is COc1ccc(NC(=O)N(C)C)cc1Cl. The summed E-state index contributed by atoms with van der Waals surface area (Å²) in [5, 5.41) is 3.15. The number of nitrogens with one attached hydrogen (secondary N) is 1. The van der Waals surface area contributed by atoms with Gasteiger partial charge in [-0.1, -0.05) is 11.6 Å². The molecule has 0 aliphatic heterocycles. The van der Waals surface area contributed by atoms with E-state index in [9.17, 15) is 4.79 Å². The number of hydrogen-bond donors (Lipinski definition) is 1. The minimum Gasteiger partial charge on any atom is -0.495 e. The van der Waals surface area contributed by atoms with Crippen molar-refractivity contribution in [3.8, 4) is 5.75 Å². The fourth-order valence-electron chi connectivity index (χ4n) is 0.979. The number of ether oxygens (including phenoxy) is 1. The largest absolute Gasteiger partial charge is 0.495 e. The molecule has 4 nitrogen and oxygen atoms in total. The third kappa shape index (κ3) is 3.02. The van der Waals surface area contributed by atoms with Gasteiger partial charge in [-0.2, -0.15) is 0 Å². The van der Waals surface area contributed by atoms with Gasteiger partial charge in [0.05, 0.1) is 12.1 Å². The average molecular weight is 229 g/mol. The second-order valence-electron chi connectivity index (χ2n) is 3.17. The summed E-state index contributed by atoms with van der Waals surface area (Å²) < 4.78 is 5.00. The summed E-state index contributed by atoms with van der Waals surface area (Å²) >= 11 is 5.90. The number of hydrogen-bond acceptors (Lipinski definition) is 2. The van der Waals surface area contributed by atoms with Crippen molar-refractivity contribution in [3.63, 3.8) is 0 Å². The van der Waals surface area contributed by atoms with E-state index in [1.165, 1.54) is 4.90 Å². The number of amides is 2. The first-order valence-electron chi connectivity index (χ1n) is 4.36. The summed E-state index contributed by atoms with van der Waals surface area (Å²) in [5.41, 5.74) is 0.638. The van der Waals surface area contributed by atoms with Crippen LogP contribution in [-0.4, -0.2) is 32.1 Å². The van der Waals surface area contributed by atoms with Gasteiger partial charge in [0, 0.05) is 19.8 Å². The smallest absolute Gasteiger partial charge is 0.321 e. The molecular formula is C10H13ClN2O2. The number of halogens is 1. The molecule has 0 spiro atoms. The Hall–Kier alpha value is -1.42.